The lowest BCUT2D eigenvalue weighted by Crippen LogP contribution is -2.44. The summed E-state index contributed by atoms with van der Waals surface area (Å²) in [6, 6.07) is 3.81. The lowest BCUT2D eigenvalue weighted by atomic mass is 10.1. The highest BCUT2D eigenvalue weighted by Gasteiger charge is 2.29. The predicted octanol–water partition coefficient (Wildman–Crippen LogP) is 2.37. The zero-order valence-corrected chi connectivity index (χ0v) is 14.2. The number of hydrogen-bond donors (Lipinski definition) is 1. The van der Waals surface area contributed by atoms with Crippen LogP contribution in [0.3, 0.4) is 0 Å². The van der Waals surface area contributed by atoms with Crippen LogP contribution >= 0.6 is 0 Å². The molecule has 2 heterocycles. The van der Waals surface area contributed by atoms with Crippen LogP contribution in [0.1, 0.15) is 44.9 Å². The first-order valence-electron chi connectivity index (χ1n) is 8.84. The van der Waals surface area contributed by atoms with Gasteiger partial charge in [-0.05, 0) is 12.8 Å². The standard InChI is InChI=1S/C17H26N4O3/c1-23-15-8-9-16(20-19-15)24-14-10-11-21(12-14)17(22)18-13-6-4-2-3-5-7-13/h8-9,13-14H,2-7,10-12H2,1H3,(H,18,22)/t14-/m0/s1. The quantitative estimate of drug-likeness (QED) is 0.856. The Morgan fingerprint density at radius 2 is 1.83 bits per heavy atom. The maximum Gasteiger partial charge on any atom is 0.317 e. The zero-order chi connectivity index (χ0) is 16.8. The topological polar surface area (TPSA) is 76.6 Å². The van der Waals surface area contributed by atoms with Crippen LogP contribution in [0.15, 0.2) is 12.1 Å². The fourth-order valence-electron chi connectivity index (χ4n) is 3.35. The molecular weight excluding hydrogens is 308 g/mol. The molecule has 0 radical (unpaired) electrons. The third kappa shape index (κ3) is 4.49. The summed E-state index contributed by atoms with van der Waals surface area (Å²) >= 11 is 0. The highest BCUT2D eigenvalue weighted by molar-refractivity contribution is 5.74. The van der Waals surface area contributed by atoms with Gasteiger partial charge in [0.25, 0.3) is 0 Å². The van der Waals surface area contributed by atoms with Crippen LogP contribution in [0, 0.1) is 0 Å². The van der Waals surface area contributed by atoms with Gasteiger partial charge in [-0.3, -0.25) is 0 Å². The Balaban J connectivity index is 1.46. The van der Waals surface area contributed by atoms with Crippen molar-refractivity contribution in [2.24, 2.45) is 0 Å². The number of ether oxygens (including phenoxy) is 2. The molecule has 1 aromatic rings. The molecule has 3 rings (SSSR count). The number of amides is 2. The van der Waals surface area contributed by atoms with E-state index in [0.717, 1.165) is 19.3 Å². The number of hydrogen-bond acceptors (Lipinski definition) is 5. The van der Waals surface area contributed by atoms with E-state index in [9.17, 15) is 4.79 Å². The summed E-state index contributed by atoms with van der Waals surface area (Å²) in [7, 11) is 1.55. The SMILES string of the molecule is COc1ccc(O[C@H]2CCN(C(=O)NC3CCCCCC3)C2)nn1. The number of likely N-dealkylation sites (tertiary alicyclic amines) is 1. The molecule has 1 N–H and O–H groups in total. The van der Waals surface area contributed by atoms with E-state index in [-0.39, 0.29) is 12.1 Å². The van der Waals surface area contributed by atoms with Crippen molar-refractivity contribution in [2.75, 3.05) is 20.2 Å². The molecule has 1 aromatic heterocycles. The zero-order valence-electron chi connectivity index (χ0n) is 14.2. The number of rotatable bonds is 4. The van der Waals surface area contributed by atoms with Crippen molar-refractivity contribution in [3.8, 4) is 11.8 Å². The Labute approximate surface area is 142 Å². The minimum atomic E-state index is -0.0346. The molecule has 132 valence electrons. The molecule has 2 aliphatic rings. The molecule has 0 unspecified atom stereocenters. The third-order valence-electron chi connectivity index (χ3n) is 4.73. The summed E-state index contributed by atoms with van der Waals surface area (Å²) in [6.45, 7) is 1.30. The number of methoxy groups -OCH3 is 1. The van der Waals surface area contributed by atoms with Crippen LogP contribution in [-0.2, 0) is 0 Å². The molecule has 1 atom stereocenters. The van der Waals surface area contributed by atoms with Gasteiger partial charge in [-0.25, -0.2) is 4.79 Å². The van der Waals surface area contributed by atoms with Gasteiger partial charge < -0.3 is 19.7 Å². The van der Waals surface area contributed by atoms with E-state index >= 15 is 0 Å². The summed E-state index contributed by atoms with van der Waals surface area (Å²) in [6.07, 6.45) is 7.98. The first kappa shape index (κ1) is 16.8. The lowest BCUT2D eigenvalue weighted by molar-refractivity contribution is 0.179. The molecule has 1 saturated heterocycles. The minimum Gasteiger partial charge on any atom is -0.480 e. The molecule has 0 spiro atoms. The Kier molecular flexibility index (Phi) is 5.72. The molecule has 0 bridgehead atoms. The molecule has 1 saturated carbocycles. The number of carbonyl (C=O) groups is 1. The van der Waals surface area contributed by atoms with Crippen LogP contribution in [0.25, 0.3) is 0 Å². The number of urea groups is 1. The van der Waals surface area contributed by atoms with Crippen molar-refractivity contribution < 1.29 is 14.3 Å². The molecule has 24 heavy (non-hydrogen) atoms. The highest BCUT2D eigenvalue weighted by Crippen LogP contribution is 2.20. The minimum absolute atomic E-state index is 0.0346. The van der Waals surface area contributed by atoms with Gasteiger partial charge in [-0.1, -0.05) is 25.7 Å². The van der Waals surface area contributed by atoms with E-state index in [1.165, 1.54) is 25.7 Å². The summed E-state index contributed by atoms with van der Waals surface area (Å²) in [5.41, 5.74) is 0. The summed E-state index contributed by atoms with van der Waals surface area (Å²) in [5, 5.41) is 11.0. The Morgan fingerprint density at radius 3 is 2.50 bits per heavy atom. The van der Waals surface area contributed by atoms with Gasteiger partial charge in [-0.15, -0.1) is 10.2 Å². The summed E-state index contributed by atoms with van der Waals surface area (Å²) in [5.74, 6) is 0.921. The van der Waals surface area contributed by atoms with Gasteiger partial charge in [0, 0.05) is 31.1 Å². The second-order valence-electron chi connectivity index (χ2n) is 6.53. The smallest absolute Gasteiger partial charge is 0.317 e. The van der Waals surface area contributed by atoms with Gasteiger partial charge in [0.2, 0.25) is 11.8 Å². The highest BCUT2D eigenvalue weighted by atomic mass is 16.5. The monoisotopic (exact) mass is 334 g/mol. The van der Waals surface area contributed by atoms with E-state index in [1.807, 2.05) is 4.90 Å². The number of nitrogens with one attached hydrogen (secondary N) is 1. The molecule has 7 nitrogen and oxygen atoms in total. The molecule has 2 fully saturated rings. The average Bonchev–Trinajstić information content (AvgIpc) is 2.92. The van der Waals surface area contributed by atoms with Crippen molar-refractivity contribution in [2.45, 2.75) is 57.1 Å². The van der Waals surface area contributed by atoms with Crippen LogP contribution in [0.4, 0.5) is 4.79 Å². The molecule has 7 heteroatoms. The molecule has 1 aliphatic heterocycles. The van der Waals surface area contributed by atoms with Gasteiger partial charge >= 0.3 is 6.03 Å². The number of nitrogens with zero attached hydrogens (tertiary/aromatic N) is 3. The van der Waals surface area contributed by atoms with E-state index < -0.39 is 0 Å². The number of aromatic nitrogens is 2. The van der Waals surface area contributed by atoms with Crippen molar-refractivity contribution in [1.29, 1.82) is 0 Å². The van der Waals surface area contributed by atoms with Crippen LogP contribution in [0.5, 0.6) is 11.8 Å². The Bertz CT molecular complexity index is 529. The van der Waals surface area contributed by atoms with E-state index in [4.69, 9.17) is 9.47 Å². The van der Waals surface area contributed by atoms with Crippen LogP contribution < -0.4 is 14.8 Å². The van der Waals surface area contributed by atoms with Crippen LogP contribution in [0.2, 0.25) is 0 Å². The Morgan fingerprint density at radius 1 is 1.12 bits per heavy atom. The summed E-state index contributed by atoms with van der Waals surface area (Å²) < 4.78 is 10.8. The first-order valence-corrected chi connectivity index (χ1v) is 8.84. The third-order valence-corrected chi connectivity index (χ3v) is 4.73. The maximum absolute atomic E-state index is 12.4. The molecule has 0 aromatic carbocycles. The predicted molar refractivity (Wildman–Crippen MR) is 89.2 cm³/mol. The van der Waals surface area contributed by atoms with Crippen molar-refractivity contribution in [1.82, 2.24) is 20.4 Å². The van der Waals surface area contributed by atoms with E-state index in [2.05, 4.69) is 15.5 Å². The molecule has 1 aliphatic carbocycles. The van der Waals surface area contributed by atoms with E-state index in [0.29, 0.717) is 30.9 Å². The van der Waals surface area contributed by atoms with Crippen molar-refractivity contribution in [3.63, 3.8) is 0 Å². The summed E-state index contributed by atoms with van der Waals surface area (Å²) in [4.78, 5) is 14.3. The maximum atomic E-state index is 12.4. The first-order chi connectivity index (χ1) is 11.7. The van der Waals surface area contributed by atoms with Crippen molar-refractivity contribution >= 4 is 6.03 Å². The van der Waals surface area contributed by atoms with Gasteiger partial charge in [0.1, 0.15) is 6.10 Å². The molecular formula is C17H26N4O3. The van der Waals surface area contributed by atoms with Crippen LogP contribution in [-0.4, -0.2) is 53.5 Å². The fourth-order valence-corrected chi connectivity index (χ4v) is 3.35. The normalized spacial score (nSPS) is 22.0. The second kappa shape index (κ2) is 8.17. The van der Waals surface area contributed by atoms with Gasteiger partial charge in [0.15, 0.2) is 0 Å². The lowest BCUT2D eigenvalue weighted by Gasteiger charge is -2.22. The fraction of sp³-hybridized carbons (Fsp3) is 0.706. The van der Waals surface area contributed by atoms with Gasteiger partial charge in [-0.2, -0.15) is 0 Å². The van der Waals surface area contributed by atoms with E-state index in [1.54, 1.807) is 19.2 Å². The molecule has 2 amide bonds. The van der Waals surface area contributed by atoms with Gasteiger partial charge in [0.05, 0.1) is 13.7 Å². The second-order valence-corrected chi connectivity index (χ2v) is 6.53. The Hall–Kier alpha value is -2.05. The average molecular weight is 334 g/mol. The van der Waals surface area contributed by atoms with Crippen molar-refractivity contribution in [3.05, 3.63) is 12.1 Å². The largest absolute Gasteiger partial charge is 0.480 e. The number of carbonyl (C=O) groups excluding carboxylic acids is 1.